The summed E-state index contributed by atoms with van der Waals surface area (Å²) >= 11 is 0. The number of carboxylic acid groups (broad SMARTS) is 1. The molecule has 6 heteroatoms. The first-order valence-electron chi connectivity index (χ1n) is 7.26. The lowest BCUT2D eigenvalue weighted by atomic mass is 9.90. The Morgan fingerprint density at radius 2 is 1.81 bits per heavy atom. The molecule has 0 unspecified atom stereocenters. The van der Waals surface area contributed by atoms with Gasteiger partial charge in [0.1, 0.15) is 17.1 Å². The molecule has 21 heavy (non-hydrogen) atoms. The van der Waals surface area contributed by atoms with Crippen molar-refractivity contribution in [1.29, 1.82) is 0 Å². The van der Waals surface area contributed by atoms with Gasteiger partial charge in [-0.15, -0.1) is 0 Å². The Balaban J connectivity index is 2.61. The van der Waals surface area contributed by atoms with Crippen LogP contribution in [0.15, 0.2) is 10.5 Å². The largest absolute Gasteiger partial charge is 0.478 e. The number of nitrogens with one attached hydrogen (secondary N) is 2. The third kappa shape index (κ3) is 4.24. The third-order valence-corrected chi connectivity index (χ3v) is 4.03. The van der Waals surface area contributed by atoms with Crippen LogP contribution in [0.2, 0.25) is 0 Å². The molecule has 1 rings (SSSR count). The zero-order valence-electron chi connectivity index (χ0n) is 13.1. The van der Waals surface area contributed by atoms with Gasteiger partial charge in [-0.2, -0.15) is 0 Å². The maximum Gasteiger partial charge on any atom is 0.339 e. The minimum atomic E-state index is -1.03. The van der Waals surface area contributed by atoms with Crippen molar-refractivity contribution in [3.8, 4) is 0 Å². The number of aromatic carboxylic acids is 1. The van der Waals surface area contributed by atoms with Gasteiger partial charge in [-0.3, -0.25) is 0 Å². The second kappa shape index (κ2) is 7.15. The number of furan rings is 1. The predicted octanol–water partition coefficient (Wildman–Crippen LogP) is 3.05. The standard InChI is InChI=1S/C15H24N2O4/c1-5-15(6-2,7-3)17-14(20)16-9-11-8-12(13(18)19)10(4)21-11/h8H,5-7,9H2,1-4H3,(H,18,19)(H2,16,17,20). The van der Waals surface area contributed by atoms with Crippen LogP contribution in [0.1, 0.15) is 61.9 Å². The van der Waals surface area contributed by atoms with E-state index in [0.717, 1.165) is 19.3 Å². The first kappa shape index (κ1) is 17.1. The van der Waals surface area contributed by atoms with E-state index in [-0.39, 0.29) is 23.7 Å². The van der Waals surface area contributed by atoms with Crippen LogP contribution < -0.4 is 10.6 Å². The van der Waals surface area contributed by atoms with Crippen LogP contribution in [0, 0.1) is 6.92 Å². The lowest BCUT2D eigenvalue weighted by molar-refractivity contribution is 0.0695. The fourth-order valence-electron chi connectivity index (χ4n) is 2.31. The Bertz CT molecular complexity index is 496. The summed E-state index contributed by atoms with van der Waals surface area (Å²) < 4.78 is 5.31. The van der Waals surface area contributed by atoms with Crippen LogP contribution in [0.5, 0.6) is 0 Å². The number of rotatable bonds is 7. The monoisotopic (exact) mass is 296 g/mol. The quantitative estimate of drug-likeness (QED) is 0.721. The van der Waals surface area contributed by atoms with Gasteiger partial charge in [-0.25, -0.2) is 9.59 Å². The van der Waals surface area contributed by atoms with Crippen molar-refractivity contribution in [1.82, 2.24) is 10.6 Å². The van der Waals surface area contributed by atoms with Crippen molar-refractivity contribution in [3.05, 3.63) is 23.2 Å². The number of carbonyl (C=O) groups is 2. The van der Waals surface area contributed by atoms with E-state index in [9.17, 15) is 9.59 Å². The van der Waals surface area contributed by atoms with E-state index < -0.39 is 5.97 Å². The van der Waals surface area contributed by atoms with E-state index in [0.29, 0.717) is 11.5 Å². The van der Waals surface area contributed by atoms with E-state index in [2.05, 4.69) is 10.6 Å². The molecule has 0 spiro atoms. The smallest absolute Gasteiger partial charge is 0.339 e. The Morgan fingerprint density at radius 1 is 1.24 bits per heavy atom. The van der Waals surface area contributed by atoms with Crippen molar-refractivity contribution in [2.45, 2.75) is 59.0 Å². The van der Waals surface area contributed by atoms with E-state index in [1.54, 1.807) is 6.92 Å². The van der Waals surface area contributed by atoms with Crippen LogP contribution in [0.3, 0.4) is 0 Å². The second-order valence-corrected chi connectivity index (χ2v) is 5.14. The summed E-state index contributed by atoms with van der Waals surface area (Å²) in [4.78, 5) is 22.9. The van der Waals surface area contributed by atoms with Gasteiger partial charge in [-0.05, 0) is 32.3 Å². The Morgan fingerprint density at radius 3 is 2.24 bits per heavy atom. The Kier molecular flexibility index (Phi) is 5.81. The van der Waals surface area contributed by atoms with Crippen LogP contribution >= 0.6 is 0 Å². The van der Waals surface area contributed by atoms with Crippen LogP contribution in [-0.4, -0.2) is 22.6 Å². The average Bonchev–Trinajstić information content (AvgIpc) is 2.84. The third-order valence-electron chi connectivity index (χ3n) is 4.03. The molecule has 2 amide bonds. The number of carboxylic acids is 1. The highest BCUT2D eigenvalue weighted by atomic mass is 16.4. The maximum absolute atomic E-state index is 12.0. The fraction of sp³-hybridized carbons (Fsp3) is 0.600. The molecule has 0 aliphatic rings. The van der Waals surface area contributed by atoms with Crippen molar-refractivity contribution in [2.75, 3.05) is 0 Å². The van der Waals surface area contributed by atoms with Crippen molar-refractivity contribution >= 4 is 12.0 Å². The lowest BCUT2D eigenvalue weighted by Crippen LogP contribution is -2.50. The first-order chi connectivity index (χ1) is 9.87. The van der Waals surface area contributed by atoms with Crippen molar-refractivity contribution in [2.24, 2.45) is 0 Å². The van der Waals surface area contributed by atoms with Gasteiger partial charge in [-0.1, -0.05) is 20.8 Å². The van der Waals surface area contributed by atoms with E-state index >= 15 is 0 Å². The molecule has 0 aromatic carbocycles. The van der Waals surface area contributed by atoms with E-state index in [1.807, 2.05) is 20.8 Å². The van der Waals surface area contributed by atoms with Gasteiger partial charge in [0, 0.05) is 5.54 Å². The molecular weight excluding hydrogens is 272 g/mol. The number of aryl methyl sites for hydroxylation is 1. The van der Waals surface area contributed by atoms with Gasteiger partial charge in [0.25, 0.3) is 0 Å². The summed E-state index contributed by atoms with van der Waals surface area (Å²) in [6.07, 6.45) is 2.57. The van der Waals surface area contributed by atoms with E-state index in [4.69, 9.17) is 9.52 Å². The molecule has 6 nitrogen and oxygen atoms in total. The maximum atomic E-state index is 12.0. The van der Waals surface area contributed by atoms with Gasteiger partial charge >= 0.3 is 12.0 Å². The summed E-state index contributed by atoms with van der Waals surface area (Å²) in [5.74, 6) is -0.270. The number of hydrogen-bond acceptors (Lipinski definition) is 3. The van der Waals surface area contributed by atoms with Crippen molar-refractivity contribution < 1.29 is 19.1 Å². The molecule has 1 heterocycles. The van der Waals surface area contributed by atoms with Crippen LogP contribution in [-0.2, 0) is 6.54 Å². The van der Waals surface area contributed by atoms with E-state index in [1.165, 1.54) is 6.07 Å². The van der Waals surface area contributed by atoms with Gasteiger partial charge in [0.15, 0.2) is 0 Å². The minimum absolute atomic E-state index is 0.122. The summed E-state index contributed by atoms with van der Waals surface area (Å²) in [6, 6.07) is 1.16. The van der Waals surface area contributed by atoms with Crippen molar-refractivity contribution in [3.63, 3.8) is 0 Å². The molecule has 0 radical (unpaired) electrons. The summed E-state index contributed by atoms with van der Waals surface area (Å²) in [7, 11) is 0. The minimum Gasteiger partial charge on any atom is -0.478 e. The molecule has 3 N–H and O–H groups in total. The molecule has 0 fully saturated rings. The molecule has 0 aliphatic carbocycles. The fourth-order valence-corrected chi connectivity index (χ4v) is 2.31. The van der Waals surface area contributed by atoms with Crippen LogP contribution in [0.4, 0.5) is 4.79 Å². The first-order valence-corrected chi connectivity index (χ1v) is 7.26. The van der Waals surface area contributed by atoms with Gasteiger partial charge in [0.05, 0.1) is 6.54 Å². The normalized spacial score (nSPS) is 11.2. The average molecular weight is 296 g/mol. The molecule has 0 saturated heterocycles. The molecule has 0 saturated carbocycles. The zero-order chi connectivity index (χ0) is 16.0. The number of urea groups is 1. The predicted molar refractivity (Wildman–Crippen MR) is 79.4 cm³/mol. The molecule has 1 aromatic heterocycles. The molecule has 0 aliphatic heterocycles. The summed E-state index contributed by atoms with van der Waals surface area (Å²) in [5.41, 5.74) is -0.0766. The SMILES string of the molecule is CCC(CC)(CC)NC(=O)NCc1cc(C(=O)O)c(C)o1. The molecule has 0 atom stereocenters. The molecular formula is C15H24N2O4. The highest BCUT2D eigenvalue weighted by molar-refractivity contribution is 5.88. The second-order valence-electron chi connectivity index (χ2n) is 5.14. The Labute approximate surface area is 124 Å². The number of amides is 2. The molecule has 0 bridgehead atoms. The molecule has 1 aromatic rings. The highest BCUT2D eigenvalue weighted by Gasteiger charge is 2.25. The lowest BCUT2D eigenvalue weighted by Gasteiger charge is -2.31. The summed E-state index contributed by atoms with van der Waals surface area (Å²) in [5, 5.41) is 14.6. The topological polar surface area (TPSA) is 91.6 Å². The highest BCUT2D eigenvalue weighted by Crippen LogP contribution is 2.19. The van der Waals surface area contributed by atoms with Gasteiger partial charge < -0.3 is 20.2 Å². The summed E-state index contributed by atoms with van der Waals surface area (Å²) in [6.45, 7) is 7.88. The number of hydrogen-bond donors (Lipinski definition) is 3. The zero-order valence-corrected chi connectivity index (χ0v) is 13.1. The molecule has 118 valence electrons. The number of carbonyl (C=O) groups excluding carboxylic acids is 1. The Hall–Kier alpha value is -1.98. The van der Waals surface area contributed by atoms with Gasteiger partial charge in [0.2, 0.25) is 0 Å². The van der Waals surface area contributed by atoms with Crippen LogP contribution in [0.25, 0.3) is 0 Å².